The Morgan fingerprint density at radius 1 is 1.14 bits per heavy atom. The number of aliphatic hydroxyl groups is 1. The third-order valence-corrected chi connectivity index (χ3v) is 7.34. The summed E-state index contributed by atoms with van der Waals surface area (Å²) in [5.74, 6) is -0.00975. The van der Waals surface area contributed by atoms with Gasteiger partial charge in [0.15, 0.2) is 0 Å². The molecule has 3 aromatic heterocycles. The molecule has 1 aliphatic rings. The molecule has 3 heterocycles. The van der Waals surface area contributed by atoms with E-state index < -0.39 is 11.6 Å². The molecule has 37 heavy (non-hydrogen) atoms. The van der Waals surface area contributed by atoms with Crippen molar-refractivity contribution in [2.24, 2.45) is 17.6 Å². The topological polar surface area (TPSA) is 111 Å². The van der Waals surface area contributed by atoms with Crippen molar-refractivity contribution < 1.29 is 18.6 Å². The maximum atomic E-state index is 14.9. The van der Waals surface area contributed by atoms with Crippen LogP contribution in [0.25, 0.3) is 16.8 Å². The van der Waals surface area contributed by atoms with Crippen LogP contribution in [-0.4, -0.2) is 43.9 Å². The van der Waals surface area contributed by atoms with Gasteiger partial charge in [-0.25, -0.2) is 13.8 Å². The van der Waals surface area contributed by atoms with Crippen LogP contribution >= 0.6 is 0 Å². The zero-order valence-corrected chi connectivity index (χ0v) is 20.7. The van der Waals surface area contributed by atoms with Gasteiger partial charge in [-0.2, -0.15) is 9.61 Å². The van der Waals surface area contributed by atoms with E-state index in [0.29, 0.717) is 23.3 Å². The number of rotatable bonds is 7. The van der Waals surface area contributed by atoms with Crippen LogP contribution in [0.15, 0.2) is 48.9 Å². The Kier molecular flexibility index (Phi) is 7.03. The molecule has 1 aliphatic carbocycles. The van der Waals surface area contributed by atoms with Crippen molar-refractivity contribution in [2.45, 2.75) is 38.6 Å². The molecule has 0 saturated heterocycles. The van der Waals surface area contributed by atoms with Gasteiger partial charge in [0.05, 0.1) is 41.5 Å². The van der Waals surface area contributed by atoms with Crippen LogP contribution in [0.3, 0.4) is 0 Å². The zero-order valence-electron chi connectivity index (χ0n) is 20.7. The van der Waals surface area contributed by atoms with Crippen LogP contribution in [0, 0.1) is 23.5 Å². The van der Waals surface area contributed by atoms with Gasteiger partial charge in [0, 0.05) is 24.4 Å². The molecule has 8 nitrogen and oxygen atoms in total. The van der Waals surface area contributed by atoms with Gasteiger partial charge in [-0.15, -0.1) is 0 Å². The molecule has 0 spiro atoms. The first kappa shape index (κ1) is 25.0. The van der Waals surface area contributed by atoms with E-state index in [-0.39, 0.29) is 42.2 Å². The average Bonchev–Trinajstić information content (AvgIpc) is 3.27. The number of ether oxygens (including phenoxy) is 1. The maximum Gasteiger partial charge on any atom is 0.229 e. The number of halogens is 2. The van der Waals surface area contributed by atoms with Gasteiger partial charge in [-0.05, 0) is 54.4 Å². The predicted molar refractivity (Wildman–Crippen MR) is 137 cm³/mol. The van der Waals surface area contributed by atoms with Gasteiger partial charge < -0.3 is 20.9 Å². The zero-order chi connectivity index (χ0) is 26.1. The molecule has 0 radical (unpaired) electrons. The van der Waals surface area contributed by atoms with Crippen molar-refractivity contribution in [3.05, 3.63) is 66.1 Å². The van der Waals surface area contributed by atoms with Gasteiger partial charge in [0.1, 0.15) is 24.0 Å². The van der Waals surface area contributed by atoms with Gasteiger partial charge in [-0.1, -0.05) is 13.8 Å². The average molecular weight is 509 g/mol. The number of benzene rings is 1. The minimum absolute atomic E-state index is 0.00545. The van der Waals surface area contributed by atoms with Crippen LogP contribution in [0.2, 0.25) is 0 Å². The number of nitrogens with zero attached hydrogens (tertiary/aromatic N) is 4. The van der Waals surface area contributed by atoms with Gasteiger partial charge >= 0.3 is 0 Å². The summed E-state index contributed by atoms with van der Waals surface area (Å²) in [5, 5.41) is 16.7. The Hall–Kier alpha value is -3.63. The number of nitrogens with two attached hydrogens (primary N) is 1. The summed E-state index contributed by atoms with van der Waals surface area (Å²) >= 11 is 0. The standard InChI is InChI=1S/C27H30F2N6O2/c1-15-9-17(10-23(30)16(15)2)20-5-6-31-14-25(20)33-27-32-13-18-3-4-24(34-35(18)27)26-21(28)11-19(12-22(26)29)37-8-7-36/h3-6,11-17,23,36H,7-10,30H2,1-2H3,(H,32,33). The Bertz CT molecular complexity index is 1380. The lowest BCUT2D eigenvalue weighted by molar-refractivity contribution is 0.200. The van der Waals surface area contributed by atoms with E-state index in [2.05, 4.69) is 34.2 Å². The Morgan fingerprint density at radius 2 is 1.92 bits per heavy atom. The lowest BCUT2D eigenvalue weighted by Crippen LogP contribution is -2.39. The number of imidazole rings is 1. The third kappa shape index (κ3) is 4.99. The van der Waals surface area contributed by atoms with Crippen LogP contribution in [0.1, 0.15) is 38.2 Å². The molecule has 5 rings (SSSR count). The lowest BCUT2D eigenvalue weighted by atomic mass is 9.71. The predicted octanol–water partition coefficient (Wildman–Crippen LogP) is 4.66. The summed E-state index contributed by atoms with van der Waals surface area (Å²) in [6.07, 6.45) is 7.06. The molecule has 0 aliphatic heterocycles. The second-order valence-corrected chi connectivity index (χ2v) is 9.73. The normalized spacial score (nSPS) is 21.8. The number of hydrogen-bond acceptors (Lipinski definition) is 7. The Morgan fingerprint density at radius 3 is 2.65 bits per heavy atom. The van der Waals surface area contributed by atoms with Crippen LogP contribution in [0.4, 0.5) is 20.4 Å². The summed E-state index contributed by atoms with van der Waals surface area (Å²) in [5.41, 5.74) is 8.82. The number of pyridine rings is 1. The van der Waals surface area contributed by atoms with Gasteiger partial charge in [-0.3, -0.25) is 4.98 Å². The van der Waals surface area contributed by atoms with E-state index in [1.54, 1.807) is 24.7 Å². The fourth-order valence-corrected chi connectivity index (χ4v) is 5.11. The fourth-order valence-electron chi connectivity index (χ4n) is 5.11. The van der Waals surface area contributed by atoms with E-state index in [1.807, 2.05) is 6.07 Å². The molecule has 10 heteroatoms. The highest BCUT2D eigenvalue weighted by Crippen LogP contribution is 2.41. The van der Waals surface area contributed by atoms with E-state index in [4.69, 9.17) is 15.6 Å². The van der Waals surface area contributed by atoms with Crippen LogP contribution in [-0.2, 0) is 0 Å². The van der Waals surface area contributed by atoms with E-state index in [1.165, 1.54) is 10.6 Å². The first-order chi connectivity index (χ1) is 17.9. The second kappa shape index (κ2) is 10.4. The number of aliphatic hydroxyl groups excluding tert-OH is 1. The first-order valence-corrected chi connectivity index (χ1v) is 12.4. The molecule has 1 aromatic carbocycles. The summed E-state index contributed by atoms with van der Waals surface area (Å²) in [6, 6.07) is 7.51. The van der Waals surface area contributed by atoms with Crippen molar-refractivity contribution in [1.29, 1.82) is 0 Å². The quantitative estimate of drug-likeness (QED) is 0.333. The molecule has 4 unspecified atom stereocenters. The largest absolute Gasteiger partial charge is 0.491 e. The van der Waals surface area contributed by atoms with E-state index in [9.17, 15) is 8.78 Å². The van der Waals surface area contributed by atoms with Crippen LogP contribution in [0.5, 0.6) is 5.75 Å². The minimum atomic E-state index is -0.819. The molecular formula is C27H30F2N6O2. The van der Waals surface area contributed by atoms with E-state index in [0.717, 1.165) is 36.2 Å². The summed E-state index contributed by atoms with van der Waals surface area (Å²) < 4.78 is 36.4. The SMILES string of the molecule is CC1CC(c2ccncc2Nc2ncc3ccc(-c4c(F)cc(OCCO)cc4F)nn23)CC(N)C1C. The number of aromatic nitrogens is 4. The van der Waals surface area contributed by atoms with Gasteiger partial charge in [0.2, 0.25) is 5.95 Å². The Labute approximate surface area is 213 Å². The van der Waals surface area contributed by atoms with Crippen molar-refractivity contribution in [2.75, 3.05) is 18.5 Å². The highest BCUT2D eigenvalue weighted by molar-refractivity contribution is 5.66. The maximum absolute atomic E-state index is 14.9. The second-order valence-electron chi connectivity index (χ2n) is 9.73. The monoisotopic (exact) mass is 508 g/mol. The lowest BCUT2D eigenvalue weighted by Gasteiger charge is -2.37. The van der Waals surface area contributed by atoms with E-state index >= 15 is 0 Å². The highest BCUT2D eigenvalue weighted by Gasteiger charge is 2.32. The summed E-state index contributed by atoms with van der Waals surface area (Å²) in [7, 11) is 0. The first-order valence-electron chi connectivity index (χ1n) is 12.4. The number of hydrogen-bond donors (Lipinski definition) is 3. The molecule has 1 saturated carbocycles. The molecular weight excluding hydrogens is 478 g/mol. The smallest absolute Gasteiger partial charge is 0.229 e. The molecule has 0 amide bonds. The highest BCUT2D eigenvalue weighted by atomic mass is 19.1. The summed E-state index contributed by atoms with van der Waals surface area (Å²) in [6.45, 7) is 4.12. The molecule has 1 fully saturated rings. The molecule has 4 atom stereocenters. The number of anilines is 2. The number of fused-ring (bicyclic) bond motifs is 1. The minimum Gasteiger partial charge on any atom is -0.491 e. The van der Waals surface area contributed by atoms with Crippen molar-refractivity contribution in [3.63, 3.8) is 0 Å². The van der Waals surface area contributed by atoms with Crippen molar-refractivity contribution >= 4 is 17.2 Å². The fraction of sp³-hybridized carbons (Fsp3) is 0.370. The molecule has 0 bridgehead atoms. The number of nitrogens with one attached hydrogen (secondary N) is 1. The third-order valence-electron chi connectivity index (χ3n) is 7.34. The molecule has 194 valence electrons. The van der Waals surface area contributed by atoms with Crippen molar-refractivity contribution in [1.82, 2.24) is 19.6 Å². The summed E-state index contributed by atoms with van der Waals surface area (Å²) in [4.78, 5) is 8.75. The van der Waals surface area contributed by atoms with Crippen LogP contribution < -0.4 is 15.8 Å². The Balaban J connectivity index is 1.47. The molecule has 4 aromatic rings. The van der Waals surface area contributed by atoms with Gasteiger partial charge in [0.25, 0.3) is 0 Å². The van der Waals surface area contributed by atoms with Crippen molar-refractivity contribution in [3.8, 4) is 17.0 Å². The molecule has 4 N–H and O–H groups in total.